The van der Waals surface area contributed by atoms with Crippen molar-refractivity contribution in [2.75, 3.05) is 31.1 Å². The zero-order valence-corrected chi connectivity index (χ0v) is 13.9. The Morgan fingerprint density at radius 2 is 1.83 bits per heavy atom. The molecule has 2 fully saturated rings. The lowest BCUT2D eigenvalue weighted by molar-refractivity contribution is -0.917. The number of benzene rings is 1. The third-order valence-electron chi connectivity index (χ3n) is 4.98. The molecular weight excluding hydrogens is 290 g/mol. The summed E-state index contributed by atoms with van der Waals surface area (Å²) in [7, 11) is 0. The van der Waals surface area contributed by atoms with E-state index in [1.165, 1.54) is 37.3 Å². The third kappa shape index (κ3) is 3.79. The number of hydrogen-bond acceptors (Lipinski definition) is 2. The fourth-order valence-corrected chi connectivity index (χ4v) is 3.60. The van der Waals surface area contributed by atoms with E-state index in [-0.39, 0.29) is 17.9 Å². The van der Waals surface area contributed by atoms with E-state index in [0.29, 0.717) is 12.1 Å². The van der Waals surface area contributed by atoms with Crippen LogP contribution in [0.3, 0.4) is 0 Å². The van der Waals surface area contributed by atoms with Crippen LogP contribution in [0.5, 0.6) is 0 Å². The molecule has 0 radical (unpaired) electrons. The second kappa shape index (κ2) is 7.23. The van der Waals surface area contributed by atoms with Crippen LogP contribution in [0, 0.1) is 6.92 Å². The zero-order chi connectivity index (χ0) is 16.2. The van der Waals surface area contributed by atoms with Crippen molar-refractivity contribution in [1.82, 2.24) is 0 Å². The summed E-state index contributed by atoms with van der Waals surface area (Å²) in [6.45, 7) is 6.50. The summed E-state index contributed by atoms with van der Waals surface area (Å²) < 4.78 is 0. The van der Waals surface area contributed by atoms with Crippen molar-refractivity contribution in [1.29, 1.82) is 0 Å². The summed E-state index contributed by atoms with van der Waals surface area (Å²) in [6, 6.07) is 7.34. The highest BCUT2D eigenvalue weighted by atomic mass is 16.2. The van der Waals surface area contributed by atoms with Gasteiger partial charge in [-0.05, 0) is 38.3 Å². The number of carbonyl (C=O) groups is 2. The number of nitrogens with two attached hydrogens (primary N) is 1. The number of carbonyl (C=O) groups excluding carboxylic acids is 2. The molecule has 2 aliphatic rings. The van der Waals surface area contributed by atoms with Crippen LogP contribution < -0.4 is 15.1 Å². The van der Waals surface area contributed by atoms with E-state index < -0.39 is 0 Å². The number of likely N-dealkylation sites (tertiary alicyclic amines) is 1. The molecule has 1 aromatic carbocycles. The molecule has 2 amide bonds. The zero-order valence-electron chi connectivity index (χ0n) is 13.9. The van der Waals surface area contributed by atoms with Crippen molar-refractivity contribution in [3.8, 4) is 0 Å². The lowest BCUT2D eigenvalue weighted by Gasteiger charge is -2.23. The van der Waals surface area contributed by atoms with Gasteiger partial charge in [0.15, 0.2) is 6.04 Å². The number of anilines is 1. The van der Waals surface area contributed by atoms with Crippen LogP contribution in [0.4, 0.5) is 5.69 Å². The Morgan fingerprint density at radius 1 is 1.13 bits per heavy atom. The minimum absolute atomic E-state index is 0.0625. The summed E-state index contributed by atoms with van der Waals surface area (Å²) in [6.07, 6.45) is 4.31. The van der Waals surface area contributed by atoms with Crippen LogP contribution >= 0.6 is 0 Å². The summed E-state index contributed by atoms with van der Waals surface area (Å²) in [5.41, 5.74) is 1.82. The Labute approximate surface area is 137 Å². The van der Waals surface area contributed by atoms with E-state index in [9.17, 15) is 9.59 Å². The molecule has 0 bridgehead atoms. The Bertz CT molecular complexity index is 564. The third-order valence-corrected chi connectivity index (χ3v) is 4.98. The quantitative estimate of drug-likeness (QED) is 0.703. The first-order valence-corrected chi connectivity index (χ1v) is 8.75. The fraction of sp³-hybridized carbons (Fsp3) is 0.556. The van der Waals surface area contributed by atoms with E-state index in [4.69, 9.17) is 0 Å². The highest BCUT2D eigenvalue weighted by Crippen LogP contribution is 2.21. The predicted molar refractivity (Wildman–Crippen MR) is 88.3 cm³/mol. The summed E-state index contributed by atoms with van der Waals surface area (Å²) in [4.78, 5) is 27.8. The maximum atomic E-state index is 12.6. The van der Waals surface area contributed by atoms with Crippen LogP contribution in [0.15, 0.2) is 24.3 Å². The Kier molecular flexibility index (Phi) is 5.08. The number of imide groups is 1. The van der Waals surface area contributed by atoms with Crippen LogP contribution in [-0.2, 0) is 9.59 Å². The average Bonchev–Trinajstić information content (AvgIpc) is 2.84. The van der Waals surface area contributed by atoms with Gasteiger partial charge in [-0.15, -0.1) is 0 Å². The van der Waals surface area contributed by atoms with Gasteiger partial charge in [-0.3, -0.25) is 9.59 Å². The Morgan fingerprint density at radius 3 is 2.52 bits per heavy atom. The van der Waals surface area contributed by atoms with Crippen molar-refractivity contribution in [3.63, 3.8) is 0 Å². The lowest BCUT2D eigenvalue weighted by atomic mass is 10.1. The second-order valence-corrected chi connectivity index (χ2v) is 6.80. The number of nitrogens with zero attached hydrogens (tertiary/aromatic N) is 1. The lowest BCUT2D eigenvalue weighted by Crippen LogP contribution is -3.15. The Balaban J connectivity index is 1.54. The van der Waals surface area contributed by atoms with Crippen molar-refractivity contribution >= 4 is 17.5 Å². The van der Waals surface area contributed by atoms with E-state index in [1.807, 2.05) is 31.2 Å². The molecule has 0 spiro atoms. The molecule has 2 aliphatic heterocycles. The molecule has 2 heterocycles. The van der Waals surface area contributed by atoms with Crippen molar-refractivity contribution in [3.05, 3.63) is 29.8 Å². The SMILES string of the molecule is Cc1ccc(N2C(=O)C[C@@H]([NH2+]CC[NH+]3CCCCC3)C2=O)cc1. The summed E-state index contributed by atoms with van der Waals surface area (Å²) in [5.74, 6) is -0.141. The first kappa shape index (κ1) is 16.1. The number of amides is 2. The highest BCUT2D eigenvalue weighted by molar-refractivity contribution is 6.21. The monoisotopic (exact) mass is 317 g/mol. The number of nitrogens with one attached hydrogen (secondary N) is 1. The summed E-state index contributed by atoms with van der Waals surface area (Å²) >= 11 is 0. The molecule has 5 nitrogen and oxygen atoms in total. The van der Waals surface area contributed by atoms with Crippen LogP contribution in [-0.4, -0.2) is 44.0 Å². The van der Waals surface area contributed by atoms with Crippen molar-refractivity contribution in [2.24, 2.45) is 0 Å². The smallest absolute Gasteiger partial charge is 0.292 e. The van der Waals surface area contributed by atoms with Gasteiger partial charge in [0.05, 0.1) is 25.2 Å². The molecule has 0 aliphatic carbocycles. The van der Waals surface area contributed by atoms with Crippen LogP contribution in [0.25, 0.3) is 0 Å². The average molecular weight is 317 g/mol. The molecule has 0 saturated carbocycles. The first-order valence-electron chi connectivity index (χ1n) is 8.75. The fourth-order valence-electron chi connectivity index (χ4n) is 3.60. The van der Waals surface area contributed by atoms with E-state index in [1.54, 1.807) is 4.90 Å². The van der Waals surface area contributed by atoms with Gasteiger partial charge in [-0.1, -0.05) is 17.7 Å². The van der Waals surface area contributed by atoms with Gasteiger partial charge in [0.2, 0.25) is 5.91 Å². The molecular formula is C18H27N3O2+2. The minimum Gasteiger partial charge on any atom is -0.331 e. The molecule has 23 heavy (non-hydrogen) atoms. The molecule has 3 N–H and O–H groups in total. The molecule has 0 aromatic heterocycles. The number of piperidine rings is 1. The van der Waals surface area contributed by atoms with E-state index in [2.05, 4.69) is 5.32 Å². The predicted octanol–water partition coefficient (Wildman–Crippen LogP) is -0.741. The highest BCUT2D eigenvalue weighted by Gasteiger charge is 2.42. The minimum atomic E-state index is -0.243. The standard InChI is InChI=1S/C18H25N3O2/c1-14-5-7-15(8-6-14)21-17(22)13-16(18(21)23)19-9-12-20-10-3-2-4-11-20/h5-8,16,19H,2-4,9-13H2,1H3/p+2/t16-/m1/s1. The van der Waals surface area contributed by atoms with Gasteiger partial charge in [0, 0.05) is 0 Å². The summed E-state index contributed by atoms with van der Waals surface area (Å²) in [5, 5.41) is 2.07. The van der Waals surface area contributed by atoms with Gasteiger partial charge in [0.25, 0.3) is 5.91 Å². The van der Waals surface area contributed by atoms with Crippen LogP contribution in [0.1, 0.15) is 31.2 Å². The molecule has 3 rings (SSSR count). The molecule has 0 unspecified atom stereocenters. The Hall–Kier alpha value is -1.72. The molecule has 1 atom stereocenters. The van der Waals surface area contributed by atoms with E-state index >= 15 is 0 Å². The van der Waals surface area contributed by atoms with Crippen molar-refractivity contribution < 1.29 is 19.8 Å². The normalized spacial score (nSPS) is 22.8. The second-order valence-electron chi connectivity index (χ2n) is 6.80. The van der Waals surface area contributed by atoms with Gasteiger partial charge in [-0.25, -0.2) is 4.90 Å². The first-order chi connectivity index (χ1) is 11.1. The van der Waals surface area contributed by atoms with Crippen molar-refractivity contribution in [2.45, 2.75) is 38.6 Å². The van der Waals surface area contributed by atoms with E-state index in [0.717, 1.165) is 18.7 Å². The van der Waals surface area contributed by atoms with Gasteiger partial charge >= 0.3 is 0 Å². The molecule has 5 heteroatoms. The number of rotatable bonds is 5. The molecule has 124 valence electrons. The number of quaternary nitrogens is 2. The van der Waals surface area contributed by atoms with Crippen LogP contribution in [0.2, 0.25) is 0 Å². The largest absolute Gasteiger partial charge is 0.331 e. The maximum absolute atomic E-state index is 12.6. The molecule has 1 aromatic rings. The van der Waals surface area contributed by atoms with Gasteiger partial charge in [0.1, 0.15) is 13.1 Å². The number of aryl methyl sites for hydroxylation is 1. The topological polar surface area (TPSA) is 58.4 Å². The maximum Gasteiger partial charge on any atom is 0.292 e. The molecule has 2 saturated heterocycles. The van der Waals surface area contributed by atoms with Gasteiger partial charge < -0.3 is 10.2 Å². The number of hydrogen-bond donors (Lipinski definition) is 2. The van der Waals surface area contributed by atoms with Gasteiger partial charge in [-0.2, -0.15) is 0 Å².